The topological polar surface area (TPSA) is 74.8 Å². The Labute approximate surface area is 163 Å². The maximum atomic E-state index is 13.0. The first-order chi connectivity index (χ1) is 12.0. The van der Waals surface area contributed by atoms with Gasteiger partial charge in [0.25, 0.3) is 10.0 Å². The van der Waals surface area contributed by atoms with Crippen LogP contribution < -0.4 is 4.31 Å². The van der Waals surface area contributed by atoms with Crippen LogP contribution >= 0.6 is 23.2 Å². The quantitative estimate of drug-likeness (QED) is 0.740. The number of hydrogen-bond donors (Lipinski definition) is 0. The third-order valence-electron chi connectivity index (χ3n) is 4.14. The Morgan fingerprint density at radius 3 is 2.35 bits per heavy atom. The molecule has 26 heavy (non-hydrogen) atoms. The molecule has 2 aromatic carbocycles. The zero-order valence-corrected chi connectivity index (χ0v) is 17.1. The van der Waals surface area contributed by atoms with Crippen LogP contribution in [-0.2, 0) is 26.5 Å². The average molecular weight is 435 g/mol. The second kappa shape index (κ2) is 6.69. The van der Waals surface area contributed by atoms with Crippen LogP contribution in [0.4, 0.5) is 5.69 Å². The Balaban J connectivity index is 2.07. The Bertz CT molecular complexity index is 1080. The van der Waals surface area contributed by atoms with Crippen LogP contribution in [0.5, 0.6) is 0 Å². The lowest BCUT2D eigenvalue weighted by molar-refractivity contribution is 0.520. The van der Waals surface area contributed by atoms with Gasteiger partial charge in [0.15, 0.2) is 0 Å². The van der Waals surface area contributed by atoms with Crippen molar-refractivity contribution in [2.24, 2.45) is 0 Å². The molecule has 10 heteroatoms. The molecule has 0 unspecified atom stereocenters. The summed E-state index contributed by atoms with van der Waals surface area (Å²) in [6, 6.07) is 8.68. The van der Waals surface area contributed by atoms with Crippen LogP contribution in [0.2, 0.25) is 10.0 Å². The Hall–Kier alpha value is -1.32. The van der Waals surface area contributed by atoms with Gasteiger partial charge in [-0.3, -0.25) is 4.31 Å². The molecule has 6 nitrogen and oxygen atoms in total. The summed E-state index contributed by atoms with van der Waals surface area (Å²) in [5, 5.41) is 0.342. The second-order valence-electron chi connectivity index (χ2n) is 5.98. The summed E-state index contributed by atoms with van der Waals surface area (Å²) in [4.78, 5) is 0.0470. The van der Waals surface area contributed by atoms with Crippen molar-refractivity contribution in [3.05, 3.63) is 52.0 Å². The first-order valence-electron chi connectivity index (χ1n) is 7.58. The molecule has 3 rings (SSSR count). The van der Waals surface area contributed by atoms with Crippen molar-refractivity contribution in [3.63, 3.8) is 0 Å². The van der Waals surface area contributed by atoms with E-state index in [4.69, 9.17) is 23.2 Å². The fraction of sp³-hybridized carbons (Fsp3) is 0.250. The molecule has 0 atom stereocenters. The minimum Gasteiger partial charge on any atom is -0.266 e. The van der Waals surface area contributed by atoms with Gasteiger partial charge in [-0.1, -0.05) is 23.2 Å². The maximum Gasteiger partial charge on any atom is 0.265 e. The van der Waals surface area contributed by atoms with Crippen LogP contribution in [0.3, 0.4) is 0 Å². The number of rotatable bonds is 4. The fourth-order valence-electron chi connectivity index (χ4n) is 2.76. The van der Waals surface area contributed by atoms with Crippen molar-refractivity contribution in [1.82, 2.24) is 4.31 Å². The summed E-state index contributed by atoms with van der Waals surface area (Å²) < 4.78 is 52.9. The summed E-state index contributed by atoms with van der Waals surface area (Å²) >= 11 is 12.0. The number of sulfonamides is 2. The summed E-state index contributed by atoms with van der Waals surface area (Å²) in [5.74, 6) is 0. The molecule has 0 aromatic heterocycles. The number of benzene rings is 2. The molecule has 2 aromatic rings. The molecular formula is C16H16Cl2N2O4S2. The van der Waals surface area contributed by atoms with E-state index in [0.717, 1.165) is 4.31 Å². The lowest BCUT2D eigenvalue weighted by Gasteiger charge is -2.21. The first kappa shape index (κ1) is 19.4. The minimum absolute atomic E-state index is 0.0784. The monoisotopic (exact) mass is 434 g/mol. The van der Waals surface area contributed by atoms with Gasteiger partial charge >= 0.3 is 0 Å². The summed E-state index contributed by atoms with van der Waals surface area (Å²) in [5.41, 5.74) is 1.09. The van der Waals surface area contributed by atoms with Gasteiger partial charge in [0.1, 0.15) is 4.90 Å². The highest BCUT2D eigenvalue weighted by Crippen LogP contribution is 2.37. The van der Waals surface area contributed by atoms with Crippen molar-refractivity contribution in [2.75, 3.05) is 24.9 Å². The minimum atomic E-state index is -3.91. The molecule has 0 bridgehead atoms. The van der Waals surface area contributed by atoms with Crippen LogP contribution in [0.15, 0.2) is 46.2 Å². The van der Waals surface area contributed by atoms with Gasteiger partial charge in [0, 0.05) is 25.7 Å². The van der Waals surface area contributed by atoms with Crippen LogP contribution in [0, 0.1) is 0 Å². The number of nitrogens with zero attached hydrogens (tertiary/aromatic N) is 2. The molecule has 0 spiro atoms. The van der Waals surface area contributed by atoms with E-state index in [1.165, 1.54) is 54.8 Å². The standard InChI is InChI=1S/C16H16Cl2N2O4S2/c1-19(2)25(21,22)13-4-6-15-11(9-13)7-8-20(15)26(23,24)16-10-12(17)3-5-14(16)18/h3-6,9-10H,7-8H2,1-2H3. The Morgan fingerprint density at radius 2 is 1.69 bits per heavy atom. The molecule has 140 valence electrons. The van der Waals surface area contributed by atoms with E-state index in [0.29, 0.717) is 17.7 Å². The Morgan fingerprint density at radius 1 is 1.00 bits per heavy atom. The molecule has 0 radical (unpaired) electrons. The smallest absolute Gasteiger partial charge is 0.265 e. The van der Waals surface area contributed by atoms with E-state index < -0.39 is 20.0 Å². The van der Waals surface area contributed by atoms with Gasteiger partial charge in [0.05, 0.1) is 15.6 Å². The van der Waals surface area contributed by atoms with E-state index >= 15 is 0 Å². The molecule has 0 saturated heterocycles. The van der Waals surface area contributed by atoms with E-state index in [1.807, 2.05) is 0 Å². The molecule has 0 fully saturated rings. The summed E-state index contributed by atoms with van der Waals surface area (Å²) in [7, 11) is -4.61. The number of fused-ring (bicyclic) bond motifs is 1. The van der Waals surface area contributed by atoms with Crippen LogP contribution in [-0.4, -0.2) is 41.8 Å². The number of hydrogen-bond acceptors (Lipinski definition) is 4. The SMILES string of the molecule is CN(C)S(=O)(=O)c1ccc2c(c1)CCN2S(=O)(=O)c1cc(Cl)ccc1Cl. The normalized spacial score (nSPS) is 14.7. The van der Waals surface area contributed by atoms with Gasteiger partial charge in [-0.15, -0.1) is 0 Å². The molecule has 1 heterocycles. The lowest BCUT2D eigenvalue weighted by atomic mass is 10.2. The zero-order valence-electron chi connectivity index (χ0n) is 14.0. The molecule has 0 amide bonds. The van der Waals surface area contributed by atoms with Crippen LogP contribution in [0.25, 0.3) is 0 Å². The van der Waals surface area contributed by atoms with Crippen molar-refractivity contribution in [3.8, 4) is 0 Å². The van der Waals surface area contributed by atoms with Gasteiger partial charge < -0.3 is 0 Å². The number of anilines is 1. The largest absolute Gasteiger partial charge is 0.266 e. The molecule has 0 aliphatic carbocycles. The summed E-state index contributed by atoms with van der Waals surface area (Å²) in [6.45, 7) is 0.200. The predicted molar refractivity (Wildman–Crippen MR) is 102 cm³/mol. The zero-order chi connectivity index (χ0) is 19.3. The third kappa shape index (κ3) is 3.20. The molecule has 0 N–H and O–H groups in total. The molecule has 1 aliphatic rings. The first-order valence-corrected chi connectivity index (χ1v) is 11.2. The van der Waals surface area contributed by atoms with E-state index in [1.54, 1.807) is 0 Å². The Kier molecular flexibility index (Phi) is 5.00. The highest BCUT2D eigenvalue weighted by molar-refractivity contribution is 7.93. The number of halogens is 2. The van der Waals surface area contributed by atoms with Gasteiger partial charge in [-0.25, -0.2) is 21.1 Å². The molecular weight excluding hydrogens is 419 g/mol. The summed E-state index contributed by atoms with van der Waals surface area (Å²) in [6.07, 6.45) is 0.406. The van der Waals surface area contributed by atoms with Crippen molar-refractivity contribution in [1.29, 1.82) is 0 Å². The van der Waals surface area contributed by atoms with Gasteiger partial charge in [0.2, 0.25) is 10.0 Å². The van der Waals surface area contributed by atoms with Gasteiger partial charge in [-0.2, -0.15) is 0 Å². The lowest BCUT2D eigenvalue weighted by Crippen LogP contribution is -2.29. The highest BCUT2D eigenvalue weighted by Gasteiger charge is 2.33. The molecule has 0 saturated carbocycles. The van der Waals surface area contributed by atoms with Crippen molar-refractivity contribution < 1.29 is 16.8 Å². The van der Waals surface area contributed by atoms with E-state index in [9.17, 15) is 16.8 Å². The van der Waals surface area contributed by atoms with E-state index in [-0.39, 0.29) is 26.4 Å². The van der Waals surface area contributed by atoms with Crippen LogP contribution in [0.1, 0.15) is 5.56 Å². The van der Waals surface area contributed by atoms with Crippen molar-refractivity contribution >= 4 is 48.9 Å². The third-order valence-corrected chi connectivity index (χ3v) is 8.48. The van der Waals surface area contributed by atoms with Crippen molar-refractivity contribution in [2.45, 2.75) is 16.2 Å². The fourth-order valence-corrected chi connectivity index (χ4v) is 5.96. The van der Waals surface area contributed by atoms with E-state index in [2.05, 4.69) is 0 Å². The highest BCUT2D eigenvalue weighted by atomic mass is 35.5. The predicted octanol–water partition coefficient (Wildman–Crippen LogP) is 3.00. The van der Waals surface area contributed by atoms with Gasteiger partial charge in [-0.05, 0) is 48.4 Å². The second-order valence-corrected chi connectivity index (χ2v) is 10.8. The average Bonchev–Trinajstić information content (AvgIpc) is 3.00. The molecule has 1 aliphatic heterocycles. The maximum absolute atomic E-state index is 13.0.